The Kier molecular flexibility index (Phi) is 7.27. The summed E-state index contributed by atoms with van der Waals surface area (Å²) in [4.78, 5) is 37.1. The number of benzene rings is 2. The Morgan fingerprint density at radius 2 is 1.76 bits per heavy atom. The molecule has 0 spiro atoms. The topological polar surface area (TPSA) is 98.4 Å². The maximum Gasteiger partial charge on any atom is 0.338 e. The van der Waals surface area contributed by atoms with Crippen LogP contribution in [0.3, 0.4) is 0 Å². The highest BCUT2D eigenvalue weighted by Gasteiger charge is 2.35. The van der Waals surface area contributed by atoms with Crippen LogP contribution in [0.5, 0.6) is 0 Å². The standard InChI is InChI=1S/C26H26N4O3S/c1-17-22(13-14-33-26(32)20-11-7-4-8-12-20)34-23(19-9-5-3-6-10-19)25(31)30(17)16-21-15-28-18(2)29-24(21)27/h3-12,15,23H,13-14,16H2,1-2H3,(H2,27,28,29). The molecule has 0 fully saturated rings. The number of nitrogens with zero attached hydrogens (tertiary/aromatic N) is 3. The Hall–Kier alpha value is -3.65. The van der Waals surface area contributed by atoms with Gasteiger partial charge in [-0.15, -0.1) is 11.8 Å². The van der Waals surface area contributed by atoms with Crippen molar-refractivity contribution in [1.82, 2.24) is 14.9 Å². The lowest BCUT2D eigenvalue weighted by Crippen LogP contribution is -2.36. The fraction of sp³-hybridized carbons (Fsp3) is 0.231. The van der Waals surface area contributed by atoms with Crippen LogP contribution in [0.4, 0.5) is 5.82 Å². The van der Waals surface area contributed by atoms with Gasteiger partial charge in [0.2, 0.25) is 5.91 Å². The van der Waals surface area contributed by atoms with Gasteiger partial charge in [-0.3, -0.25) is 4.79 Å². The molecule has 1 aliphatic rings. The van der Waals surface area contributed by atoms with Crippen LogP contribution in [-0.4, -0.2) is 33.4 Å². The third-order valence-electron chi connectivity index (χ3n) is 5.58. The van der Waals surface area contributed by atoms with Gasteiger partial charge in [-0.25, -0.2) is 14.8 Å². The van der Waals surface area contributed by atoms with Gasteiger partial charge < -0.3 is 15.4 Å². The Bertz CT molecular complexity index is 1220. The van der Waals surface area contributed by atoms with Crippen LogP contribution in [0.25, 0.3) is 0 Å². The lowest BCUT2D eigenvalue weighted by molar-refractivity contribution is -0.129. The average molecular weight is 475 g/mol. The fourth-order valence-electron chi connectivity index (χ4n) is 3.71. The van der Waals surface area contributed by atoms with Crippen molar-refractivity contribution in [3.63, 3.8) is 0 Å². The summed E-state index contributed by atoms with van der Waals surface area (Å²) < 4.78 is 5.50. The zero-order valence-corrected chi connectivity index (χ0v) is 19.9. The summed E-state index contributed by atoms with van der Waals surface area (Å²) in [7, 11) is 0. The molecule has 7 nitrogen and oxygen atoms in total. The number of rotatable bonds is 7. The van der Waals surface area contributed by atoms with Gasteiger partial charge in [0.1, 0.15) is 16.9 Å². The number of amides is 1. The molecule has 1 aliphatic heterocycles. The van der Waals surface area contributed by atoms with E-state index in [1.54, 1.807) is 42.3 Å². The highest BCUT2D eigenvalue weighted by atomic mass is 32.2. The second kappa shape index (κ2) is 10.5. The second-order valence-corrected chi connectivity index (χ2v) is 9.12. The molecule has 2 heterocycles. The number of hydrogen-bond acceptors (Lipinski definition) is 7. The second-order valence-electron chi connectivity index (χ2n) is 7.92. The summed E-state index contributed by atoms with van der Waals surface area (Å²) in [6.07, 6.45) is 2.17. The van der Waals surface area contributed by atoms with E-state index in [4.69, 9.17) is 10.5 Å². The van der Waals surface area contributed by atoms with Crippen molar-refractivity contribution in [2.75, 3.05) is 12.3 Å². The molecule has 2 N–H and O–H groups in total. The van der Waals surface area contributed by atoms with Crippen molar-refractivity contribution < 1.29 is 14.3 Å². The van der Waals surface area contributed by atoms with Crippen LogP contribution < -0.4 is 5.73 Å². The maximum atomic E-state index is 13.5. The first kappa shape index (κ1) is 23.5. The van der Waals surface area contributed by atoms with Crippen LogP contribution >= 0.6 is 11.8 Å². The Morgan fingerprint density at radius 3 is 2.44 bits per heavy atom. The molecule has 1 amide bonds. The van der Waals surface area contributed by atoms with Gasteiger partial charge in [0.25, 0.3) is 0 Å². The van der Waals surface area contributed by atoms with Crippen molar-refractivity contribution in [2.24, 2.45) is 0 Å². The molecule has 1 atom stereocenters. The molecule has 0 bridgehead atoms. The highest BCUT2D eigenvalue weighted by Crippen LogP contribution is 2.44. The first-order valence-corrected chi connectivity index (χ1v) is 11.8. The number of allylic oxidation sites excluding steroid dienone is 1. The predicted octanol–water partition coefficient (Wildman–Crippen LogP) is 4.66. The van der Waals surface area contributed by atoms with Crippen molar-refractivity contribution in [1.29, 1.82) is 0 Å². The first-order valence-electron chi connectivity index (χ1n) is 11.0. The van der Waals surface area contributed by atoms with E-state index < -0.39 is 5.25 Å². The molecular formula is C26H26N4O3S. The van der Waals surface area contributed by atoms with Crippen molar-refractivity contribution in [3.05, 3.63) is 100.0 Å². The van der Waals surface area contributed by atoms with Gasteiger partial charge >= 0.3 is 5.97 Å². The zero-order chi connectivity index (χ0) is 24.1. The van der Waals surface area contributed by atoms with Crippen molar-refractivity contribution in [2.45, 2.75) is 32.1 Å². The monoisotopic (exact) mass is 474 g/mol. The third kappa shape index (κ3) is 5.28. The number of nitrogens with two attached hydrogens (primary N) is 1. The number of esters is 1. The van der Waals surface area contributed by atoms with E-state index in [-0.39, 0.29) is 25.0 Å². The largest absolute Gasteiger partial charge is 0.462 e. The number of ether oxygens (including phenoxy) is 1. The molecule has 0 saturated heterocycles. The number of anilines is 1. The molecule has 174 valence electrons. The number of hydrogen-bond donors (Lipinski definition) is 1. The molecule has 2 aromatic carbocycles. The number of carbonyl (C=O) groups is 2. The number of thioether (sulfide) groups is 1. The normalized spacial score (nSPS) is 16.0. The summed E-state index contributed by atoms with van der Waals surface area (Å²) in [5, 5.41) is -0.405. The Morgan fingerprint density at radius 1 is 1.09 bits per heavy atom. The zero-order valence-electron chi connectivity index (χ0n) is 19.1. The predicted molar refractivity (Wildman–Crippen MR) is 133 cm³/mol. The van der Waals surface area contributed by atoms with Gasteiger partial charge in [0, 0.05) is 28.8 Å². The molecule has 34 heavy (non-hydrogen) atoms. The van der Waals surface area contributed by atoms with Gasteiger partial charge in [0.05, 0.1) is 18.7 Å². The van der Waals surface area contributed by atoms with Gasteiger partial charge in [-0.05, 0) is 31.5 Å². The summed E-state index contributed by atoms with van der Waals surface area (Å²) in [5.41, 5.74) is 9.05. The van der Waals surface area contributed by atoms with E-state index in [2.05, 4.69) is 9.97 Å². The van der Waals surface area contributed by atoms with Crippen LogP contribution in [0.1, 0.15) is 45.9 Å². The summed E-state index contributed by atoms with van der Waals surface area (Å²) in [5.74, 6) is 0.550. The van der Waals surface area contributed by atoms with E-state index in [1.807, 2.05) is 43.3 Å². The molecule has 3 aromatic rings. The van der Waals surface area contributed by atoms with Crippen LogP contribution in [0.15, 0.2) is 77.5 Å². The van der Waals surface area contributed by atoms with E-state index in [0.717, 1.165) is 16.2 Å². The van der Waals surface area contributed by atoms with Crippen LogP contribution in [0, 0.1) is 6.92 Å². The number of nitrogen functional groups attached to an aromatic ring is 1. The summed E-state index contributed by atoms with van der Waals surface area (Å²) in [6.45, 7) is 4.17. The van der Waals surface area contributed by atoms with Crippen molar-refractivity contribution >= 4 is 29.5 Å². The first-order chi connectivity index (χ1) is 16.4. The fourth-order valence-corrected chi connectivity index (χ4v) is 5.00. The van der Waals surface area contributed by atoms with Gasteiger partial charge in [0.15, 0.2) is 0 Å². The minimum atomic E-state index is -0.405. The van der Waals surface area contributed by atoms with Crippen LogP contribution in [-0.2, 0) is 16.1 Å². The maximum absolute atomic E-state index is 13.5. The molecule has 4 rings (SSSR count). The van der Waals surface area contributed by atoms with E-state index in [0.29, 0.717) is 29.2 Å². The highest BCUT2D eigenvalue weighted by molar-refractivity contribution is 8.04. The number of aryl methyl sites for hydroxylation is 1. The lowest BCUT2D eigenvalue weighted by atomic mass is 10.1. The van der Waals surface area contributed by atoms with Crippen molar-refractivity contribution in [3.8, 4) is 0 Å². The summed E-state index contributed by atoms with van der Waals surface area (Å²) in [6, 6.07) is 18.6. The molecule has 0 aliphatic carbocycles. The van der Waals surface area contributed by atoms with E-state index in [1.165, 1.54) is 11.8 Å². The third-order valence-corrected chi connectivity index (χ3v) is 7.07. The Labute approximate surface area is 203 Å². The molecule has 8 heteroatoms. The number of carbonyl (C=O) groups excluding carboxylic acids is 2. The van der Waals surface area contributed by atoms with E-state index in [9.17, 15) is 9.59 Å². The molecule has 1 aromatic heterocycles. The molecular weight excluding hydrogens is 448 g/mol. The lowest BCUT2D eigenvalue weighted by Gasteiger charge is -2.35. The summed E-state index contributed by atoms with van der Waals surface area (Å²) >= 11 is 1.50. The Balaban J connectivity index is 1.57. The van der Waals surface area contributed by atoms with Crippen LogP contribution in [0.2, 0.25) is 0 Å². The molecule has 1 unspecified atom stereocenters. The minimum absolute atomic E-state index is 0.0290. The average Bonchev–Trinajstić information content (AvgIpc) is 2.85. The smallest absolute Gasteiger partial charge is 0.338 e. The quantitative estimate of drug-likeness (QED) is 0.497. The van der Waals surface area contributed by atoms with Gasteiger partial charge in [-0.2, -0.15) is 0 Å². The minimum Gasteiger partial charge on any atom is -0.462 e. The van der Waals surface area contributed by atoms with E-state index >= 15 is 0 Å². The molecule has 0 radical (unpaired) electrons. The SMILES string of the molecule is CC1=C(CCOC(=O)c2ccccc2)SC(c2ccccc2)C(=O)N1Cc1cnc(C)nc1N. The number of aromatic nitrogens is 2. The molecule has 0 saturated carbocycles. The van der Waals surface area contributed by atoms with Gasteiger partial charge in [-0.1, -0.05) is 48.5 Å².